The number of rotatable bonds is 4. The number of benzene rings is 1. The van der Waals surface area contributed by atoms with E-state index in [9.17, 15) is 3.89 Å². The zero-order valence-electron chi connectivity index (χ0n) is 14.9. The molecule has 7 heteroatoms. The van der Waals surface area contributed by atoms with Gasteiger partial charge < -0.3 is 9.88 Å². The van der Waals surface area contributed by atoms with Crippen LogP contribution in [-0.4, -0.2) is 32.8 Å². The van der Waals surface area contributed by atoms with Crippen LogP contribution in [0.5, 0.6) is 0 Å². The van der Waals surface area contributed by atoms with Gasteiger partial charge in [0.25, 0.3) is 0 Å². The summed E-state index contributed by atoms with van der Waals surface area (Å²) in [6.07, 6.45) is 3.91. The highest BCUT2D eigenvalue weighted by molar-refractivity contribution is 7.94. The molecule has 1 N–H and O–H groups in total. The number of aryl methyl sites for hydroxylation is 2. The second kappa shape index (κ2) is 7.15. The van der Waals surface area contributed by atoms with E-state index in [4.69, 9.17) is 0 Å². The number of piperidine rings is 1. The van der Waals surface area contributed by atoms with Gasteiger partial charge in [-0.05, 0) is 44.9 Å². The highest BCUT2D eigenvalue weighted by atomic mass is 32.2. The normalized spacial score (nSPS) is 15.6. The summed E-state index contributed by atoms with van der Waals surface area (Å²) in [5.74, 6) is 1.57. The fourth-order valence-electron chi connectivity index (χ4n) is 3.73. The monoisotopic (exact) mass is 371 g/mol. The molecular weight excluding hydrogens is 349 g/mol. The van der Waals surface area contributed by atoms with Gasteiger partial charge in [-0.25, -0.2) is 9.67 Å². The number of hydrogen-bond acceptors (Lipinski definition) is 4. The van der Waals surface area contributed by atoms with E-state index in [1.165, 1.54) is 11.4 Å². The number of halogens is 1. The van der Waals surface area contributed by atoms with Gasteiger partial charge in [-0.15, -0.1) is 0 Å². The molecule has 1 fully saturated rings. The van der Waals surface area contributed by atoms with E-state index in [1.54, 1.807) is 12.4 Å². The molecule has 0 saturated carbocycles. The van der Waals surface area contributed by atoms with Crippen LogP contribution in [0.25, 0.3) is 5.69 Å². The maximum Gasteiger partial charge on any atom is 0.132 e. The molecule has 0 spiro atoms. The first-order chi connectivity index (χ1) is 12.7. The number of nitrogens with zero attached hydrogens (tertiary/aromatic N) is 4. The topological polar surface area (TPSA) is 49.7 Å². The van der Waals surface area contributed by atoms with Gasteiger partial charge in [0.15, 0.2) is 0 Å². The Kier molecular flexibility index (Phi) is 4.72. The van der Waals surface area contributed by atoms with E-state index in [0.717, 1.165) is 43.1 Å². The third-order valence-electron chi connectivity index (χ3n) is 5.04. The minimum absolute atomic E-state index is 0.261. The molecular formula is C19H22FN5S. The largest absolute Gasteiger partial charge is 0.356 e. The maximum absolute atomic E-state index is 13.0. The highest BCUT2D eigenvalue weighted by Gasteiger charge is 2.25. The lowest BCUT2D eigenvalue weighted by molar-refractivity contribution is 0.490. The van der Waals surface area contributed by atoms with E-state index < -0.39 is 0 Å². The second-order valence-corrected chi connectivity index (χ2v) is 7.43. The van der Waals surface area contributed by atoms with E-state index in [1.807, 2.05) is 29.8 Å². The smallest absolute Gasteiger partial charge is 0.132 e. The molecule has 1 aliphatic heterocycles. The number of anilines is 1. The van der Waals surface area contributed by atoms with Crippen molar-refractivity contribution in [1.29, 1.82) is 0 Å². The van der Waals surface area contributed by atoms with Crippen molar-refractivity contribution in [3.63, 3.8) is 0 Å². The molecule has 3 aromatic rings. The van der Waals surface area contributed by atoms with Gasteiger partial charge in [0, 0.05) is 35.7 Å². The first-order valence-electron chi connectivity index (χ1n) is 8.86. The van der Waals surface area contributed by atoms with E-state index >= 15 is 0 Å². The number of aromatic amines is 1. The summed E-state index contributed by atoms with van der Waals surface area (Å²) in [6.45, 7) is 6.00. The second-order valence-electron chi connectivity index (χ2n) is 6.80. The molecule has 0 radical (unpaired) electrons. The van der Waals surface area contributed by atoms with Gasteiger partial charge in [0.05, 0.1) is 35.6 Å². The molecule has 0 unspecified atom stereocenters. The average molecular weight is 371 g/mol. The Balaban J connectivity index is 1.57. The Bertz CT molecular complexity index is 895. The maximum atomic E-state index is 13.0. The molecule has 3 heterocycles. The van der Waals surface area contributed by atoms with E-state index in [0.29, 0.717) is 10.8 Å². The van der Waals surface area contributed by atoms with Crippen LogP contribution < -0.4 is 4.90 Å². The van der Waals surface area contributed by atoms with E-state index in [-0.39, 0.29) is 12.1 Å². The molecule has 1 aliphatic rings. The van der Waals surface area contributed by atoms with Crippen LogP contribution in [0.2, 0.25) is 0 Å². The third kappa shape index (κ3) is 3.23. The Morgan fingerprint density at radius 2 is 2.00 bits per heavy atom. The molecule has 0 amide bonds. The minimum Gasteiger partial charge on any atom is -0.356 e. The SMILES string of the molecule is Cc1cc(N2CCC(c3nc[nH]c3C)CC2)n(-c2cccc(SF)c2)n1. The summed E-state index contributed by atoms with van der Waals surface area (Å²) in [5.41, 5.74) is 4.22. The fourth-order valence-corrected chi connectivity index (χ4v) is 4.02. The van der Waals surface area contributed by atoms with Gasteiger partial charge in [-0.1, -0.05) is 6.07 Å². The number of imidazole rings is 1. The molecule has 1 aromatic carbocycles. The van der Waals surface area contributed by atoms with Crippen LogP contribution in [0, 0.1) is 13.8 Å². The molecule has 1 saturated heterocycles. The van der Waals surface area contributed by atoms with Crippen LogP contribution in [0.15, 0.2) is 41.6 Å². The summed E-state index contributed by atoms with van der Waals surface area (Å²) < 4.78 is 14.9. The summed E-state index contributed by atoms with van der Waals surface area (Å²) in [7, 11) is 0. The first-order valence-corrected chi connectivity index (χ1v) is 9.58. The molecule has 4 rings (SSSR count). The number of H-pyrrole nitrogens is 1. The van der Waals surface area contributed by atoms with Crippen LogP contribution in [-0.2, 0) is 0 Å². The number of aromatic nitrogens is 4. The van der Waals surface area contributed by atoms with Crippen molar-refractivity contribution in [3.8, 4) is 5.69 Å². The van der Waals surface area contributed by atoms with Gasteiger partial charge in [-0.2, -0.15) is 8.98 Å². The lowest BCUT2D eigenvalue weighted by Crippen LogP contribution is -2.34. The zero-order valence-corrected chi connectivity index (χ0v) is 15.8. The molecule has 0 aliphatic carbocycles. The molecule has 0 atom stereocenters. The highest BCUT2D eigenvalue weighted by Crippen LogP contribution is 2.32. The van der Waals surface area contributed by atoms with Crippen molar-refractivity contribution in [2.24, 2.45) is 0 Å². The Morgan fingerprint density at radius 3 is 2.69 bits per heavy atom. The van der Waals surface area contributed by atoms with Crippen molar-refractivity contribution in [2.45, 2.75) is 37.5 Å². The Morgan fingerprint density at radius 1 is 1.19 bits per heavy atom. The summed E-state index contributed by atoms with van der Waals surface area (Å²) in [5, 5.41) is 4.64. The molecule has 2 aromatic heterocycles. The van der Waals surface area contributed by atoms with Crippen molar-refractivity contribution in [3.05, 3.63) is 53.7 Å². The predicted molar refractivity (Wildman–Crippen MR) is 103 cm³/mol. The number of hydrogen-bond donors (Lipinski definition) is 1. The van der Waals surface area contributed by atoms with Crippen LogP contribution in [0.1, 0.15) is 35.8 Å². The average Bonchev–Trinajstić information content (AvgIpc) is 3.27. The third-order valence-corrected chi connectivity index (χ3v) is 5.47. The van der Waals surface area contributed by atoms with Crippen molar-refractivity contribution in [2.75, 3.05) is 18.0 Å². The van der Waals surface area contributed by atoms with Crippen LogP contribution in [0.3, 0.4) is 0 Å². The molecule has 26 heavy (non-hydrogen) atoms. The van der Waals surface area contributed by atoms with Gasteiger partial charge in [0.1, 0.15) is 5.82 Å². The van der Waals surface area contributed by atoms with Gasteiger partial charge >= 0.3 is 0 Å². The Hall–Kier alpha value is -2.28. The summed E-state index contributed by atoms with van der Waals surface area (Å²) >= 11 is 0.261. The fraction of sp³-hybridized carbons (Fsp3) is 0.368. The van der Waals surface area contributed by atoms with E-state index in [2.05, 4.69) is 33.0 Å². The zero-order chi connectivity index (χ0) is 18.1. The number of nitrogens with one attached hydrogen (secondary N) is 1. The molecule has 0 bridgehead atoms. The first kappa shape index (κ1) is 17.1. The summed E-state index contributed by atoms with van der Waals surface area (Å²) in [6, 6.07) is 9.54. The lowest BCUT2D eigenvalue weighted by atomic mass is 9.92. The lowest BCUT2D eigenvalue weighted by Gasteiger charge is -2.33. The van der Waals surface area contributed by atoms with Crippen molar-refractivity contribution >= 4 is 18.0 Å². The Labute approximate surface area is 156 Å². The van der Waals surface area contributed by atoms with Crippen molar-refractivity contribution < 1.29 is 3.89 Å². The molecule has 136 valence electrons. The standard InChI is InChI=1S/C19H22FN5S/c1-13-10-18(25(23-13)16-4-3-5-17(11-16)26-20)24-8-6-15(7-9-24)19-14(2)21-12-22-19/h3-5,10-12,15H,6-9H2,1-2H3,(H,21,22). The van der Waals surface area contributed by atoms with Gasteiger partial charge in [-0.3, -0.25) is 0 Å². The van der Waals surface area contributed by atoms with Gasteiger partial charge in [0.2, 0.25) is 0 Å². The predicted octanol–water partition coefficient (Wildman–Crippen LogP) is 4.57. The van der Waals surface area contributed by atoms with Crippen LogP contribution >= 0.6 is 12.1 Å². The van der Waals surface area contributed by atoms with Crippen molar-refractivity contribution in [1.82, 2.24) is 19.7 Å². The quantitative estimate of drug-likeness (QED) is 0.730. The minimum atomic E-state index is 0.261. The summed E-state index contributed by atoms with van der Waals surface area (Å²) in [4.78, 5) is 10.6. The van der Waals surface area contributed by atoms with Crippen LogP contribution in [0.4, 0.5) is 9.70 Å². The molecule has 5 nitrogen and oxygen atoms in total.